The number of rotatable bonds is 8. The molecule has 2 aromatic carbocycles. The number of esters is 1. The van der Waals surface area contributed by atoms with Crippen LogP contribution >= 0.6 is 11.3 Å². The summed E-state index contributed by atoms with van der Waals surface area (Å²) in [6, 6.07) is 18.4. The molecule has 1 atom stereocenters. The third-order valence-electron chi connectivity index (χ3n) is 4.48. The molecule has 0 spiro atoms. The Morgan fingerprint density at radius 2 is 1.66 bits per heavy atom. The zero-order valence-electron chi connectivity index (χ0n) is 17.7. The summed E-state index contributed by atoms with van der Waals surface area (Å²) in [4.78, 5) is 37.5. The first-order chi connectivity index (χ1) is 15.4. The highest BCUT2D eigenvalue weighted by atomic mass is 32.1. The van der Waals surface area contributed by atoms with Gasteiger partial charge in [0.25, 0.3) is 5.91 Å². The lowest BCUT2D eigenvalue weighted by Crippen LogP contribution is -2.46. The number of amides is 2. The summed E-state index contributed by atoms with van der Waals surface area (Å²) in [5.41, 5.74) is 1.42. The molecular formula is C24H24N2O5S. The maximum absolute atomic E-state index is 12.6. The average Bonchev–Trinajstić information content (AvgIpc) is 3.33. The van der Waals surface area contributed by atoms with Crippen LogP contribution in [0.1, 0.15) is 29.1 Å². The fourth-order valence-electron chi connectivity index (χ4n) is 2.78. The Morgan fingerprint density at radius 3 is 2.28 bits per heavy atom. The minimum atomic E-state index is -0.878. The van der Waals surface area contributed by atoms with Crippen molar-refractivity contribution in [3.05, 3.63) is 82.6 Å². The lowest BCUT2D eigenvalue weighted by atomic mass is 10.1. The SMILES string of the molecule is CC(C)[C@H](NC(=O)OCc1ccccc1)C(=O)Oc1ccc(NC(=O)c2cccs2)cc1. The molecule has 2 N–H and O–H groups in total. The van der Waals surface area contributed by atoms with E-state index in [1.807, 2.05) is 35.7 Å². The molecule has 0 radical (unpaired) electrons. The molecule has 0 aliphatic heterocycles. The van der Waals surface area contributed by atoms with Crippen molar-refractivity contribution < 1.29 is 23.9 Å². The highest BCUT2D eigenvalue weighted by Crippen LogP contribution is 2.19. The van der Waals surface area contributed by atoms with Gasteiger partial charge in [0.05, 0.1) is 4.88 Å². The molecular weight excluding hydrogens is 428 g/mol. The monoisotopic (exact) mass is 452 g/mol. The molecule has 166 valence electrons. The first kappa shape index (κ1) is 23.0. The Bertz CT molecular complexity index is 1030. The van der Waals surface area contributed by atoms with Crippen molar-refractivity contribution in [2.24, 2.45) is 5.92 Å². The van der Waals surface area contributed by atoms with Crippen LogP contribution in [0.3, 0.4) is 0 Å². The van der Waals surface area contributed by atoms with E-state index in [0.29, 0.717) is 16.3 Å². The summed E-state index contributed by atoms with van der Waals surface area (Å²) < 4.78 is 10.6. The van der Waals surface area contributed by atoms with E-state index in [9.17, 15) is 14.4 Å². The van der Waals surface area contributed by atoms with Crippen molar-refractivity contribution in [3.63, 3.8) is 0 Å². The van der Waals surface area contributed by atoms with Gasteiger partial charge in [-0.05, 0) is 47.2 Å². The molecule has 0 unspecified atom stereocenters. The number of carbonyl (C=O) groups excluding carboxylic acids is 3. The number of alkyl carbamates (subject to hydrolysis) is 1. The van der Waals surface area contributed by atoms with Gasteiger partial charge >= 0.3 is 12.1 Å². The van der Waals surface area contributed by atoms with Crippen LogP contribution in [0.25, 0.3) is 0 Å². The Kier molecular flexibility index (Phi) is 7.99. The molecule has 7 nitrogen and oxygen atoms in total. The predicted molar refractivity (Wildman–Crippen MR) is 123 cm³/mol. The number of nitrogens with one attached hydrogen (secondary N) is 2. The second kappa shape index (κ2) is 11.1. The van der Waals surface area contributed by atoms with E-state index in [4.69, 9.17) is 9.47 Å². The van der Waals surface area contributed by atoms with Gasteiger partial charge in [0, 0.05) is 5.69 Å². The van der Waals surface area contributed by atoms with E-state index >= 15 is 0 Å². The standard InChI is InChI=1S/C24H24N2O5S/c1-16(2)21(26-24(29)30-15-17-7-4-3-5-8-17)23(28)31-19-12-10-18(11-13-19)25-22(27)20-9-6-14-32-20/h3-14,16,21H,15H2,1-2H3,(H,25,27)(H,26,29)/t21-/m0/s1. The fourth-order valence-corrected chi connectivity index (χ4v) is 3.39. The van der Waals surface area contributed by atoms with Crippen LogP contribution in [0.15, 0.2) is 72.1 Å². The van der Waals surface area contributed by atoms with Gasteiger partial charge in [-0.2, -0.15) is 0 Å². The van der Waals surface area contributed by atoms with Gasteiger partial charge in [-0.15, -0.1) is 11.3 Å². The van der Waals surface area contributed by atoms with Gasteiger partial charge in [0.15, 0.2) is 0 Å². The molecule has 0 fully saturated rings. The summed E-state index contributed by atoms with van der Waals surface area (Å²) >= 11 is 1.35. The van der Waals surface area contributed by atoms with Crippen LogP contribution in [0.2, 0.25) is 0 Å². The number of anilines is 1. The first-order valence-corrected chi connectivity index (χ1v) is 10.9. The highest BCUT2D eigenvalue weighted by molar-refractivity contribution is 7.12. The smallest absolute Gasteiger partial charge is 0.408 e. The topological polar surface area (TPSA) is 93.7 Å². The third kappa shape index (κ3) is 6.68. The molecule has 3 rings (SSSR count). The Morgan fingerprint density at radius 1 is 0.938 bits per heavy atom. The molecule has 0 aliphatic carbocycles. The van der Waals surface area contributed by atoms with Gasteiger partial charge in [0.2, 0.25) is 0 Å². The maximum atomic E-state index is 12.6. The maximum Gasteiger partial charge on any atom is 0.408 e. The van der Waals surface area contributed by atoms with Crippen molar-refractivity contribution in [2.45, 2.75) is 26.5 Å². The molecule has 1 aromatic heterocycles. The number of carbonyl (C=O) groups is 3. The number of hydrogen-bond donors (Lipinski definition) is 2. The molecule has 0 aliphatic rings. The van der Waals surface area contributed by atoms with Crippen LogP contribution < -0.4 is 15.4 Å². The van der Waals surface area contributed by atoms with Gasteiger partial charge in [0.1, 0.15) is 18.4 Å². The zero-order chi connectivity index (χ0) is 22.9. The van der Waals surface area contributed by atoms with Gasteiger partial charge in [-0.25, -0.2) is 9.59 Å². The normalized spacial score (nSPS) is 11.5. The van der Waals surface area contributed by atoms with E-state index in [1.54, 1.807) is 50.2 Å². The van der Waals surface area contributed by atoms with Crippen molar-refractivity contribution in [2.75, 3.05) is 5.32 Å². The van der Waals surface area contributed by atoms with E-state index in [2.05, 4.69) is 10.6 Å². The van der Waals surface area contributed by atoms with Crippen LogP contribution in [-0.2, 0) is 16.1 Å². The molecule has 0 saturated heterocycles. The summed E-state index contributed by atoms with van der Waals surface area (Å²) in [6.07, 6.45) is -0.698. The molecule has 3 aromatic rings. The van der Waals surface area contributed by atoms with Crippen LogP contribution in [0.5, 0.6) is 5.75 Å². The van der Waals surface area contributed by atoms with E-state index in [1.165, 1.54) is 11.3 Å². The Labute approximate surface area is 190 Å². The lowest BCUT2D eigenvalue weighted by molar-refractivity contribution is -0.137. The third-order valence-corrected chi connectivity index (χ3v) is 5.35. The van der Waals surface area contributed by atoms with Crippen LogP contribution in [0.4, 0.5) is 10.5 Å². The Balaban J connectivity index is 1.53. The van der Waals surface area contributed by atoms with Crippen molar-refractivity contribution in [1.82, 2.24) is 5.32 Å². The van der Waals surface area contributed by atoms with Crippen molar-refractivity contribution in [1.29, 1.82) is 0 Å². The summed E-state index contributed by atoms with van der Waals surface area (Å²) in [6.45, 7) is 3.70. The predicted octanol–water partition coefficient (Wildman–Crippen LogP) is 4.86. The second-order valence-electron chi connectivity index (χ2n) is 7.30. The van der Waals surface area contributed by atoms with E-state index < -0.39 is 18.1 Å². The van der Waals surface area contributed by atoms with Crippen molar-refractivity contribution in [3.8, 4) is 5.75 Å². The second-order valence-corrected chi connectivity index (χ2v) is 8.25. The fraction of sp³-hybridized carbons (Fsp3) is 0.208. The lowest BCUT2D eigenvalue weighted by Gasteiger charge is -2.20. The summed E-state index contributed by atoms with van der Waals surface area (Å²) in [5, 5.41) is 7.17. The quantitative estimate of drug-likeness (QED) is 0.376. The van der Waals surface area contributed by atoms with E-state index in [-0.39, 0.29) is 18.4 Å². The minimum absolute atomic E-state index is 0.102. The van der Waals surface area contributed by atoms with Gasteiger partial charge in [-0.3, -0.25) is 4.79 Å². The van der Waals surface area contributed by atoms with E-state index in [0.717, 1.165) is 5.56 Å². The number of thiophene rings is 1. The number of ether oxygens (including phenoxy) is 2. The van der Waals surface area contributed by atoms with Gasteiger partial charge < -0.3 is 20.1 Å². The number of benzene rings is 2. The zero-order valence-corrected chi connectivity index (χ0v) is 18.6. The Hall–Kier alpha value is -3.65. The molecule has 8 heteroatoms. The first-order valence-electron chi connectivity index (χ1n) is 10.1. The van der Waals surface area contributed by atoms with Crippen LogP contribution in [-0.4, -0.2) is 24.0 Å². The summed E-state index contributed by atoms with van der Waals surface area (Å²) in [7, 11) is 0. The molecule has 0 bridgehead atoms. The average molecular weight is 453 g/mol. The summed E-state index contributed by atoms with van der Waals surface area (Å²) in [5.74, 6) is -0.722. The van der Waals surface area contributed by atoms with Gasteiger partial charge in [-0.1, -0.05) is 50.2 Å². The highest BCUT2D eigenvalue weighted by Gasteiger charge is 2.27. The molecule has 0 saturated carbocycles. The molecule has 32 heavy (non-hydrogen) atoms. The minimum Gasteiger partial charge on any atom is -0.445 e. The van der Waals surface area contributed by atoms with Crippen LogP contribution in [0, 0.1) is 5.92 Å². The largest absolute Gasteiger partial charge is 0.445 e. The number of hydrogen-bond acceptors (Lipinski definition) is 6. The molecule has 1 heterocycles. The molecule has 2 amide bonds. The van der Waals surface area contributed by atoms with Crippen molar-refractivity contribution >= 4 is 35.0 Å².